The Morgan fingerprint density at radius 2 is 1.95 bits per heavy atom. The van der Waals surface area contributed by atoms with E-state index in [-0.39, 0.29) is 10.6 Å². The van der Waals surface area contributed by atoms with E-state index in [1.165, 1.54) is 6.42 Å². The highest BCUT2D eigenvalue weighted by Gasteiger charge is 2.21. The minimum absolute atomic E-state index is 0.182. The molecule has 0 saturated carbocycles. The number of para-hydroxylation sites is 1. The molecule has 0 spiro atoms. The third-order valence-electron chi connectivity index (χ3n) is 3.32. The van der Waals surface area contributed by atoms with Gasteiger partial charge >= 0.3 is 0 Å². The van der Waals surface area contributed by atoms with Crippen molar-refractivity contribution < 1.29 is 4.74 Å². The highest BCUT2D eigenvalue weighted by Crippen LogP contribution is 2.27. The number of benzene rings is 1. The second kappa shape index (κ2) is 11.3. The average Bonchev–Trinajstić information content (AvgIpc) is 2.51. The first-order valence-electron chi connectivity index (χ1n) is 7.90. The van der Waals surface area contributed by atoms with Gasteiger partial charge in [0.1, 0.15) is 0 Å². The van der Waals surface area contributed by atoms with Gasteiger partial charge in [0.15, 0.2) is 0 Å². The number of ether oxygens (including phenoxy) is 1. The summed E-state index contributed by atoms with van der Waals surface area (Å²) >= 11 is 6.71. The summed E-state index contributed by atoms with van der Waals surface area (Å²) in [6.07, 6.45) is 3.45. The number of thioether (sulfide) groups is 1. The van der Waals surface area contributed by atoms with Crippen molar-refractivity contribution in [1.29, 1.82) is 0 Å². The van der Waals surface area contributed by atoms with E-state index in [0.29, 0.717) is 11.9 Å². The molecule has 1 aromatic carbocycles. The maximum absolute atomic E-state index is 5.74. The third kappa shape index (κ3) is 8.03. The number of unbranched alkanes of at least 4 members (excludes halogenated alkanes) is 1. The number of hydrogen-bond acceptors (Lipinski definition) is 4. The molecule has 0 bridgehead atoms. The zero-order valence-corrected chi connectivity index (χ0v) is 15.1. The summed E-state index contributed by atoms with van der Waals surface area (Å²) in [6, 6.07) is 10.3. The Kier molecular flexibility index (Phi) is 10.1. The molecule has 0 radical (unpaired) electrons. The predicted molar refractivity (Wildman–Crippen MR) is 99.7 cm³/mol. The van der Waals surface area contributed by atoms with Gasteiger partial charge in [0.05, 0.1) is 17.2 Å². The fourth-order valence-electron chi connectivity index (χ4n) is 1.80. The molecule has 0 aliphatic carbocycles. The molecule has 1 aromatic rings. The second-order valence-electron chi connectivity index (χ2n) is 5.28. The minimum atomic E-state index is 0.182. The Morgan fingerprint density at radius 3 is 2.57 bits per heavy atom. The number of anilines is 1. The van der Waals surface area contributed by atoms with Crippen molar-refractivity contribution in [1.82, 2.24) is 0 Å². The highest BCUT2D eigenvalue weighted by molar-refractivity contribution is 8.01. The summed E-state index contributed by atoms with van der Waals surface area (Å²) in [5.74, 6) is 0. The van der Waals surface area contributed by atoms with Crippen molar-refractivity contribution in [3.63, 3.8) is 0 Å². The van der Waals surface area contributed by atoms with Crippen LogP contribution in [0.5, 0.6) is 0 Å². The molecular weight excluding hydrogens is 298 g/mol. The molecule has 3 atom stereocenters. The first-order chi connectivity index (χ1) is 10.2. The van der Waals surface area contributed by atoms with Gasteiger partial charge in [-0.1, -0.05) is 45.4 Å². The summed E-state index contributed by atoms with van der Waals surface area (Å²) in [5.41, 5.74) is 1.14. The molecule has 0 fully saturated rings. The van der Waals surface area contributed by atoms with Gasteiger partial charge in [-0.3, -0.25) is 0 Å². The Labute approximate surface area is 139 Å². The third-order valence-corrected chi connectivity index (χ3v) is 5.50. The summed E-state index contributed by atoms with van der Waals surface area (Å²) < 4.78 is 5.74. The Balaban J connectivity index is 2.54. The lowest BCUT2D eigenvalue weighted by Gasteiger charge is -2.27. The van der Waals surface area contributed by atoms with Crippen LogP contribution in [0.2, 0.25) is 0 Å². The van der Waals surface area contributed by atoms with Crippen LogP contribution < -0.4 is 5.32 Å². The van der Waals surface area contributed by atoms with E-state index in [4.69, 9.17) is 17.4 Å². The van der Waals surface area contributed by atoms with E-state index in [0.717, 1.165) is 25.1 Å². The van der Waals surface area contributed by atoms with Gasteiger partial charge in [-0.2, -0.15) is 12.6 Å². The van der Waals surface area contributed by atoms with E-state index in [1.807, 2.05) is 17.8 Å². The van der Waals surface area contributed by atoms with Gasteiger partial charge < -0.3 is 10.1 Å². The van der Waals surface area contributed by atoms with Gasteiger partial charge in [0, 0.05) is 17.5 Å². The second-order valence-corrected chi connectivity index (χ2v) is 7.53. The standard InChI is InChI=1S/C17H29NOS2/c1-4-6-12-19-13-16(20)17(21-14(3)5-2)18-15-10-8-7-9-11-15/h7-11,14,16-18,20H,4-6,12-13H2,1-3H3. The molecule has 0 amide bonds. The van der Waals surface area contributed by atoms with Crippen LogP contribution in [0.1, 0.15) is 40.0 Å². The van der Waals surface area contributed by atoms with Crippen molar-refractivity contribution >= 4 is 30.1 Å². The molecule has 21 heavy (non-hydrogen) atoms. The van der Waals surface area contributed by atoms with Crippen LogP contribution in [0.15, 0.2) is 30.3 Å². The minimum Gasteiger partial charge on any atom is -0.380 e. The van der Waals surface area contributed by atoms with Gasteiger partial charge in [-0.15, -0.1) is 11.8 Å². The molecule has 0 aliphatic rings. The summed E-state index contributed by atoms with van der Waals surface area (Å²) in [7, 11) is 0. The van der Waals surface area contributed by atoms with E-state index < -0.39 is 0 Å². The number of rotatable bonds is 11. The van der Waals surface area contributed by atoms with Crippen LogP contribution in [0.4, 0.5) is 5.69 Å². The van der Waals surface area contributed by atoms with Crippen LogP contribution in [0.3, 0.4) is 0 Å². The van der Waals surface area contributed by atoms with Crippen LogP contribution in [0, 0.1) is 0 Å². The first-order valence-corrected chi connectivity index (χ1v) is 9.36. The first kappa shape index (κ1) is 18.7. The summed E-state index contributed by atoms with van der Waals surface area (Å²) in [4.78, 5) is 0. The maximum Gasteiger partial charge on any atom is 0.0864 e. The maximum atomic E-state index is 5.74. The monoisotopic (exact) mass is 327 g/mol. The molecule has 1 N–H and O–H groups in total. The van der Waals surface area contributed by atoms with Crippen molar-refractivity contribution in [2.45, 2.75) is 55.9 Å². The van der Waals surface area contributed by atoms with Gasteiger partial charge in [0.2, 0.25) is 0 Å². The van der Waals surface area contributed by atoms with Crippen molar-refractivity contribution in [3.05, 3.63) is 30.3 Å². The molecule has 0 saturated heterocycles. The smallest absolute Gasteiger partial charge is 0.0864 e. The van der Waals surface area contributed by atoms with Gasteiger partial charge in [0.25, 0.3) is 0 Å². The highest BCUT2D eigenvalue weighted by atomic mass is 32.2. The van der Waals surface area contributed by atoms with Gasteiger partial charge in [-0.25, -0.2) is 0 Å². The van der Waals surface area contributed by atoms with E-state index in [9.17, 15) is 0 Å². The van der Waals surface area contributed by atoms with Crippen LogP contribution in [0.25, 0.3) is 0 Å². The molecule has 0 aromatic heterocycles. The molecule has 4 heteroatoms. The lowest BCUT2D eigenvalue weighted by molar-refractivity contribution is 0.133. The number of thiol groups is 1. The largest absolute Gasteiger partial charge is 0.380 e. The van der Waals surface area contributed by atoms with E-state index in [1.54, 1.807) is 0 Å². The number of hydrogen-bond donors (Lipinski definition) is 2. The Hall–Kier alpha value is -0.320. The molecular formula is C17H29NOS2. The normalized spacial score (nSPS) is 15.4. The lowest BCUT2D eigenvalue weighted by atomic mass is 10.3. The zero-order chi connectivity index (χ0) is 15.5. The molecule has 1 rings (SSSR count). The van der Waals surface area contributed by atoms with Crippen LogP contribution >= 0.6 is 24.4 Å². The topological polar surface area (TPSA) is 21.3 Å². The summed E-state index contributed by atoms with van der Waals surface area (Å²) in [6.45, 7) is 8.20. The number of nitrogens with one attached hydrogen (secondary N) is 1. The van der Waals surface area contributed by atoms with E-state index >= 15 is 0 Å². The van der Waals surface area contributed by atoms with E-state index in [2.05, 4.69) is 50.4 Å². The Morgan fingerprint density at radius 1 is 1.24 bits per heavy atom. The molecule has 2 nitrogen and oxygen atoms in total. The van der Waals surface area contributed by atoms with Gasteiger partial charge in [-0.05, 0) is 25.0 Å². The summed E-state index contributed by atoms with van der Waals surface area (Å²) in [5, 5.41) is 4.64. The van der Waals surface area contributed by atoms with Crippen LogP contribution in [-0.4, -0.2) is 29.1 Å². The lowest BCUT2D eigenvalue weighted by Crippen LogP contribution is -2.32. The fraction of sp³-hybridized carbons (Fsp3) is 0.647. The molecule has 3 unspecified atom stereocenters. The Bertz CT molecular complexity index is 361. The van der Waals surface area contributed by atoms with Crippen molar-refractivity contribution in [2.24, 2.45) is 0 Å². The fourth-order valence-corrected chi connectivity index (χ4v) is 3.35. The average molecular weight is 328 g/mol. The van der Waals surface area contributed by atoms with Crippen molar-refractivity contribution in [2.75, 3.05) is 18.5 Å². The predicted octanol–water partition coefficient (Wildman–Crippen LogP) is 5.07. The zero-order valence-electron chi connectivity index (χ0n) is 13.4. The quantitative estimate of drug-likeness (QED) is 0.336. The van der Waals surface area contributed by atoms with Crippen molar-refractivity contribution in [3.8, 4) is 0 Å². The molecule has 0 aliphatic heterocycles. The SMILES string of the molecule is CCCCOCC(S)C(Nc1ccccc1)SC(C)CC. The van der Waals surface area contributed by atoms with Crippen LogP contribution in [-0.2, 0) is 4.74 Å². The molecule has 0 heterocycles. The molecule has 120 valence electrons.